The number of rotatable bonds is 9. The number of carbonyl (C=O) groups excluding carboxylic acids is 1. The molecule has 0 saturated carbocycles. The van der Waals surface area contributed by atoms with Gasteiger partial charge in [-0.05, 0) is 54.4 Å². The number of ether oxygens (including phenoxy) is 2. The highest BCUT2D eigenvalue weighted by molar-refractivity contribution is 6.01. The van der Waals surface area contributed by atoms with E-state index in [-0.39, 0.29) is 23.6 Å². The van der Waals surface area contributed by atoms with Crippen LogP contribution in [0.1, 0.15) is 27.0 Å². The first kappa shape index (κ1) is 23.6. The first-order valence-electron chi connectivity index (χ1n) is 11.1. The third-order valence-corrected chi connectivity index (χ3v) is 5.26. The lowest BCUT2D eigenvalue weighted by molar-refractivity contribution is -0.115. The lowest BCUT2D eigenvalue weighted by atomic mass is 10.1. The van der Waals surface area contributed by atoms with Crippen LogP contribution in [0.2, 0.25) is 0 Å². The van der Waals surface area contributed by atoms with Gasteiger partial charge in [-0.1, -0.05) is 60.2 Å². The maximum Gasteiger partial charge on any atom is 0.337 e. The van der Waals surface area contributed by atoms with Gasteiger partial charge in [0.15, 0.2) is 0 Å². The van der Waals surface area contributed by atoms with Gasteiger partial charge in [0.1, 0.15) is 23.9 Å². The number of benzene rings is 4. The van der Waals surface area contributed by atoms with E-state index >= 15 is 0 Å². The van der Waals surface area contributed by atoms with E-state index in [2.05, 4.69) is 5.32 Å². The normalized spacial score (nSPS) is 10.4. The Morgan fingerprint density at radius 2 is 1.51 bits per heavy atom. The minimum absolute atomic E-state index is 0.0667. The molecule has 0 saturated heterocycles. The molecule has 0 bridgehead atoms. The zero-order valence-corrected chi connectivity index (χ0v) is 19.2. The molecule has 0 heterocycles. The predicted octanol–water partition coefficient (Wildman–Crippen LogP) is 6.25. The summed E-state index contributed by atoms with van der Waals surface area (Å²) in [4.78, 5) is 23.9. The van der Waals surface area contributed by atoms with E-state index in [1.54, 1.807) is 43.3 Å². The SMILES string of the molecule is Cc1ccc(NC(=O)Cc2ccc(Oc3cccc(OCc4ccccc4)c3)cc2)c(C(=O)O)c1. The van der Waals surface area contributed by atoms with Gasteiger partial charge in [0, 0.05) is 6.07 Å². The number of carboxylic acids is 1. The Labute approximate surface area is 203 Å². The van der Waals surface area contributed by atoms with Crippen LogP contribution in [0, 0.1) is 6.92 Å². The number of amides is 1. The van der Waals surface area contributed by atoms with Crippen LogP contribution in [-0.4, -0.2) is 17.0 Å². The molecule has 1 amide bonds. The number of carbonyl (C=O) groups is 2. The summed E-state index contributed by atoms with van der Waals surface area (Å²) in [6.45, 7) is 2.27. The number of nitrogens with one attached hydrogen (secondary N) is 1. The molecule has 6 nitrogen and oxygen atoms in total. The Hall–Kier alpha value is -4.58. The van der Waals surface area contributed by atoms with Crippen LogP contribution in [-0.2, 0) is 17.8 Å². The highest BCUT2D eigenvalue weighted by Gasteiger charge is 2.13. The zero-order chi connectivity index (χ0) is 24.6. The Kier molecular flexibility index (Phi) is 7.43. The summed E-state index contributed by atoms with van der Waals surface area (Å²) in [5.41, 5.74) is 3.02. The van der Waals surface area contributed by atoms with Crippen LogP contribution < -0.4 is 14.8 Å². The van der Waals surface area contributed by atoms with Gasteiger partial charge in [0.25, 0.3) is 0 Å². The van der Waals surface area contributed by atoms with Crippen LogP contribution in [0.15, 0.2) is 97.1 Å². The molecule has 4 aromatic rings. The van der Waals surface area contributed by atoms with Gasteiger partial charge < -0.3 is 19.9 Å². The highest BCUT2D eigenvalue weighted by atomic mass is 16.5. The van der Waals surface area contributed by atoms with Crippen molar-refractivity contribution in [1.82, 2.24) is 0 Å². The number of hydrogen-bond acceptors (Lipinski definition) is 4. The fourth-order valence-corrected chi connectivity index (χ4v) is 3.50. The third-order valence-electron chi connectivity index (χ3n) is 5.26. The van der Waals surface area contributed by atoms with E-state index in [1.807, 2.05) is 54.6 Å². The van der Waals surface area contributed by atoms with Gasteiger partial charge in [-0.25, -0.2) is 4.79 Å². The second kappa shape index (κ2) is 11.0. The summed E-state index contributed by atoms with van der Waals surface area (Å²) in [6, 6.07) is 29.4. The molecule has 0 aliphatic carbocycles. The Bertz CT molecular complexity index is 1320. The smallest absolute Gasteiger partial charge is 0.337 e. The molecule has 0 aliphatic heterocycles. The molecule has 0 fully saturated rings. The summed E-state index contributed by atoms with van der Waals surface area (Å²) < 4.78 is 11.8. The second-order valence-electron chi connectivity index (χ2n) is 8.07. The fraction of sp³-hybridized carbons (Fsp3) is 0.103. The Balaban J connectivity index is 1.34. The van der Waals surface area contributed by atoms with Crippen LogP contribution in [0.5, 0.6) is 17.2 Å². The maximum absolute atomic E-state index is 12.5. The molecule has 4 aromatic carbocycles. The molecule has 35 heavy (non-hydrogen) atoms. The van der Waals surface area contributed by atoms with Gasteiger partial charge in [-0.2, -0.15) is 0 Å². The van der Waals surface area contributed by atoms with E-state index < -0.39 is 5.97 Å². The van der Waals surface area contributed by atoms with E-state index in [4.69, 9.17) is 9.47 Å². The number of hydrogen-bond donors (Lipinski definition) is 2. The average molecular weight is 468 g/mol. The minimum Gasteiger partial charge on any atom is -0.489 e. The van der Waals surface area contributed by atoms with Gasteiger partial charge >= 0.3 is 5.97 Å². The molecule has 0 aliphatic rings. The van der Waals surface area contributed by atoms with E-state index in [0.717, 1.165) is 16.7 Å². The quantitative estimate of drug-likeness (QED) is 0.304. The van der Waals surface area contributed by atoms with Crippen molar-refractivity contribution in [3.05, 3.63) is 119 Å². The lowest BCUT2D eigenvalue weighted by Crippen LogP contribution is -2.16. The van der Waals surface area contributed by atoms with Crippen LogP contribution in [0.4, 0.5) is 5.69 Å². The molecule has 4 rings (SSSR count). The van der Waals surface area contributed by atoms with Gasteiger partial charge in [-0.15, -0.1) is 0 Å². The van der Waals surface area contributed by atoms with Crippen LogP contribution in [0.25, 0.3) is 0 Å². The van der Waals surface area contributed by atoms with Crippen molar-refractivity contribution >= 4 is 17.6 Å². The molecule has 0 radical (unpaired) electrons. The Morgan fingerprint density at radius 3 is 2.26 bits per heavy atom. The molecule has 0 unspecified atom stereocenters. The molecular weight excluding hydrogens is 442 g/mol. The van der Waals surface area contributed by atoms with Crippen LogP contribution in [0.3, 0.4) is 0 Å². The predicted molar refractivity (Wildman–Crippen MR) is 134 cm³/mol. The van der Waals surface area contributed by atoms with E-state index in [9.17, 15) is 14.7 Å². The molecule has 0 spiro atoms. The fourth-order valence-electron chi connectivity index (χ4n) is 3.50. The summed E-state index contributed by atoms with van der Waals surface area (Å²) in [5, 5.41) is 12.1. The van der Waals surface area contributed by atoms with E-state index in [1.165, 1.54) is 6.07 Å². The van der Waals surface area contributed by atoms with Gasteiger partial charge in [-0.3, -0.25) is 4.79 Å². The molecule has 176 valence electrons. The Morgan fingerprint density at radius 1 is 0.771 bits per heavy atom. The van der Waals surface area contributed by atoms with E-state index in [0.29, 0.717) is 23.9 Å². The molecule has 0 atom stereocenters. The number of aromatic carboxylic acids is 1. The first-order valence-corrected chi connectivity index (χ1v) is 11.1. The summed E-state index contributed by atoms with van der Waals surface area (Å²) in [7, 11) is 0. The number of carboxylic acid groups (broad SMARTS) is 1. The lowest BCUT2D eigenvalue weighted by Gasteiger charge is -2.11. The van der Waals surface area contributed by atoms with Gasteiger partial charge in [0.2, 0.25) is 5.91 Å². The summed E-state index contributed by atoms with van der Waals surface area (Å²) >= 11 is 0. The van der Waals surface area contributed by atoms with Crippen LogP contribution >= 0.6 is 0 Å². The topological polar surface area (TPSA) is 84.9 Å². The zero-order valence-electron chi connectivity index (χ0n) is 19.2. The largest absolute Gasteiger partial charge is 0.489 e. The number of anilines is 1. The van der Waals surface area contributed by atoms with Crippen molar-refractivity contribution in [3.8, 4) is 17.2 Å². The van der Waals surface area contributed by atoms with Crippen molar-refractivity contribution in [2.45, 2.75) is 20.0 Å². The number of aryl methyl sites for hydroxylation is 1. The standard InChI is InChI=1S/C29H25NO5/c1-20-10-15-27(26(16-20)29(32)33)30-28(31)17-21-11-13-23(14-12-21)35-25-9-5-8-24(18-25)34-19-22-6-3-2-4-7-22/h2-16,18H,17,19H2,1H3,(H,30,31)(H,32,33). The maximum atomic E-state index is 12.5. The average Bonchev–Trinajstić information content (AvgIpc) is 2.86. The monoisotopic (exact) mass is 467 g/mol. The second-order valence-corrected chi connectivity index (χ2v) is 8.07. The summed E-state index contributed by atoms with van der Waals surface area (Å²) in [5.74, 6) is 0.590. The molecule has 0 aromatic heterocycles. The minimum atomic E-state index is -1.08. The van der Waals surface area contributed by atoms with Gasteiger partial charge in [0.05, 0.1) is 17.7 Å². The third kappa shape index (κ3) is 6.71. The molecule has 2 N–H and O–H groups in total. The molecule has 6 heteroatoms. The first-order chi connectivity index (χ1) is 17.0. The van der Waals surface area contributed by atoms with Crippen molar-refractivity contribution in [3.63, 3.8) is 0 Å². The highest BCUT2D eigenvalue weighted by Crippen LogP contribution is 2.26. The molecular formula is C29H25NO5. The summed E-state index contributed by atoms with van der Waals surface area (Å²) in [6.07, 6.45) is 0.107. The van der Waals surface area contributed by atoms with Crippen molar-refractivity contribution < 1.29 is 24.2 Å². The van der Waals surface area contributed by atoms with Crippen molar-refractivity contribution in [2.75, 3.05) is 5.32 Å². The van der Waals surface area contributed by atoms with Crippen molar-refractivity contribution in [1.29, 1.82) is 0 Å². The van der Waals surface area contributed by atoms with Crippen molar-refractivity contribution in [2.24, 2.45) is 0 Å².